The van der Waals surface area contributed by atoms with E-state index in [1.807, 2.05) is 24.3 Å². The molecule has 0 fully saturated rings. The van der Waals surface area contributed by atoms with Gasteiger partial charge in [0, 0.05) is 54.7 Å². The van der Waals surface area contributed by atoms with Crippen molar-refractivity contribution in [3.8, 4) is 51.0 Å². The molecule has 1 aliphatic rings. The summed E-state index contributed by atoms with van der Waals surface area (Å²) < 4.78 is 9.00. The van der Waals surface area contributed by atoms with E-state index in [1.165, 1.54) is 49.4 Å². The zero-order valence-electron chi connectivity index (χ0n) is 31.4. The first-order valence-corrected chi connectivity index (χ1v) is 19.5. The average Bonchev–Trinajstić information content (AvgIpc) is 3.90. The van der Waals surface area contributed by atoms with Crippen molar-refractivity contribution in [2.75, 3.05) is 0 Å². The Morgan fingerprint density at radius 1 is 0.456 bits per heavy atom. The molecule has 0 saturated heterocycles. The van der Waals surface area contributed by atoms with Gasteiger partial charge in [0.25, 0.3) is 0 Å². The van der Waals surface area contributed by atoms with Gasteiger partial charge in [-0.25, -0.2) is 15.0 Å². The highest BCUT2D eigenvalue weighted by Gasteiger charge is 2.41. The normalized spacial score (nSPS) is 13.2. The van der Waals surface area contributed by atoms with Crippen LogP contribution in [0.3, 0.4) is 0 Å². The average molecular weight is 731 g/mol. The number of aromatic nitrogens is 4. The van der Waals surface area contributed by atoms with E-state index >= 15 is 0 Å². The molecule has 0 spiro atoms. The summed E-state index contributed by atoms with van der Waals surface area (Å²) in [5.74, 6) is 1.91. The third kappa shape index (κ3) is 4.54. The van der Waals surface area contributed by atoms with Crippen molar-refractivity contribution in [1.29, 1.82) is 0 Å². The van der Waals surface area contributed by atoms with E-state index in [-0.39, 0.29) is 5.41 Å². The fourth-order valence-corrected chi connectivity index (χ4v) is 9.49. The van der Waals surface area contributed by atoms with Gasteiger partial charge in [0.1, 0.15) is 11.2 Å². The first kappa shape index (κ1) is 31.9. The number of hydrogen-bond acceptors (Lipinski definition) is 4. The van der Waals surface area contributed by atoms with Crippen molar-refractivity contribution in [2.24, 2.45) is 0 Å². The molecular formula is C52H34N4O. The van der Waals surface area contributed by atoms with Gasteiger partial charge in [-0.1, -0.05) is 141 Å². The number of para-hydroxylation sites is 3. The van der Waals surface area contributed by atoms with Crippen LogP contribution in [0.2, 0.25) is 0 Å². The summed E-state index contributed by atoms with van der Waals surface area (Å²) in [5.41, 5.74) is 12.7. The molecule has 0 aliphatic heterocycles. The Labute approximate surface area is 328 Å². The molecule has 3 heterocycles. The van der Waals surface area contributed by atoms with Gasteiger partial charge in [-0.2, -0.15) is 0 Å². The van der Waals surface area contributed by atoms with Gasteiger partial charge in [-0.3, -0.25) is 0 Å². The molecule has 3 aromatic heterocycles. The van der Waals surface area contributed by atoms with Gasteiger partial charge in [0.05, 0.1) is 11.0 Å². The van der Waals surface area contributed by atoms with Gasteiger partial charge in [-0.05, 0) is 70.1 Å². The zero-order chi connectivity index (χ0) is 37.8. The minimum absolute atomic E-state index is 0.323. The molecule has 0 atom stereocenters. The lowest BCUT2D eigenvalue weighted by Crippen LogP contribution is -2.15. The summed E-state index contributed by atoms with van der Waals surface area (Å²) in [5, 5.41) is 7.05. The van der Waals surface area contributed by atoms with Crippen molar-refractivity contribution in [3.05, 3.63) is 181 Å². The lowest BCUT2D eigenvalue weighted by atomic mass is 9.79. The van der Waals surface area contributed by atoms with E-state index in [1.54, 1.807) is 0 Å². The summed E-state index contributed by atoms with van der Waals surface area (Å²) >= 11 is 0. The molecule has 5 heteroatoms. The van der Waals surface area contributed by atoms with E-state index < -0.39 is 0 Å². The van der Waals surface area contributed by atoms with Gasteiger partial charge < -0.3 is 8.98 Å². The summed E-state index contributed by atoms with van der Waals surface area (Å²) in [7, 11) is 0. The second-order valence-electron chi connectivity index (χ2n) is 15.5. The summed E-state index contributed by atoms with van der Waals surface area (Å²) in [4.78, 5) is 15.7. The molecule has 0 unspecified atom stereocenters. The predicted octanol–water partition coefficient (Wildman–Crippen LogP) is 13.3. The van der Waals surface area contributed by atoms with Gasteiger partial charge in [-0.15, -0.1) is 0 Å². The number of furan rings is 1. The standard InChI is InChI=1S/C52H34N4O/c1-52(2)40-23-14-22-39(44(40)45-36-19-6-7-20-37(36)48-46(47(45)52)38-21-10-13-26-43(38)57-48)51-54-49(31-15-4-3-5-16-31)53-50(55-51)32-27-29-33(30-28-32)56-41-24-11-8-17-34(41)35-18-9-12-25-42(35)56/h3-30H,1-2H3. The Bertz CT molecular complexity index is 3380. The van der Waals surface area contributed by atoms with Crippen LogP contribution in [0.5, 0.6) is 0 Å². The molecule has 11 aromatic rings. The fraction of sp³-hybridized carbons (Fsp3) is 0.0577. The number of hydrogen-bond donors (Lipinski definition) is 0. The predicted molar refractivity (Wildman–Crippen MR) is 233 cm³/mol. The quantitative estimate of drug-likeness (QED) is 0.181. The molecule has 57 heavy (non-hydrogen) atoms. The number of benzene rings is 8. The van der Waals surface area contributed by atoms with Gasteiger partial charge in [0.2, 0.25) is 0 Å². The molecule has 0 saturated carbocycles. The molecule has 8 aromatic carbocycles. The Morgan fingerprint density at radius 3 is 1.72 bits per heavy atom. The third-order valence-electron chi connectivity index (χ3n) is 12.0. The van der Waals surface area contributed by atoms with Gasteiger partial charge >= 0.3 is 0 Å². The summed E-state index contributed by atoms with van der Waals surface area (Å²) in [6, 6.07) is 59.7. The van der Waals surface area contributed by atoms with Crippen LogP contribution in [-0.4, -0.2) is 19.5 Å². The molecule has 12 rings (SSSR count). The van der Waals surface area contributed by atoms with Crippen LogP contribution in [0.15, 0.2) is 174 Å². The van der Waals surface area contributed by atoms with Crippen molar-refractivity contribution in [2.45, 2.75) is 19.3 Å². The van der Waals surface area contributed by atoms with E-state index in [0.29, 0.717) is 17.5 Å². The largest absolute Gasteiger partial charge is 0.455 e. The fourth-order valence-electron chi connectivity index (χ4n) is 9.49. The summed E-state index contributed by atoms with van der Waals surface area (Å²) in [6.07, 6.45) is 0. The van der Waals surface area contributed by atoms with E-state index in [0.717, 1.165) is 49.7 Å². The maximum atomic E-state index is 6.67. The van der Waals surface area contributed by atoms with Crippen LogP contribution < -0.4 is 0 Å². The Hall–Kier alpha value is -7.37. The highest BCUT2D eigenvalue weighted by Crippen LogP contribution is 2.58. The van der Waals surface area contributed by atoms with Gasteiger partial charge in [0.15, 0.2) is 17.5 Å². The maximum absolute atomic E-state index is 6.67. The molecule has 0 bridgehead atoms. The minimum Gasteiger partial charge on any atom is -0.455 e. The highest BCUT2D eigenvalue weighted by atomic mass is 16.3. The van der Waals surface area contributed by atoms with Crippen LogP contribution in [0, 0.1) is 0 Å². The lowest BCUT2D eigenvalue weighted by Gasteiger charge is -2.23. The van der Waals surface area contributed by atoms with E-state index in [4.69, 9.17) is 19.4 Å². The molecule has 268 valence electrons. The van der Waals surface area contributed by atoms with Crippen LogP contribution in [0.4, 0.5) is 0 Å². The van der Waals surface area contributed by atoms with Crippen LogP contribution in [-0.2, 0) is 5.41 Å². The Kier molecular flexibility index (Phi) is 6.62. The Morgan fingerprint density at radius 2 is 1.02 bits per heavy atom. The van der Waals surface area contributed by atoms with Crippen LogP contribution >= 0.6 is 0 Å². The van der Waals surface area contributed by atoms with Crippen molar-refractivity contribution < 1.29 is 4.42 Å². The molecule has 5 nitrogen and oxygen atoms in total. The van der Waals surface area contributed by atoms with Crippen molar-refractivity contribution in [1.82, 2.24) is 19.5 Å². The van der Waals surface area contributed by atoms with E-state index in [9.17, 15) is 0 Å². The maximum Gasteiger partial charge on any atom is 0.164 e. The van der Waals surface area contributed by atoms with Crippen LogP contribution in [0.1, 0.15) is 25.0 Å². The molecule has 0 radical (unpaired) electrons. The summed E-state index contributed by atoms with van der Waals surface area (Å²) in [6.45, 7) is 4.68. The monoisotopic (exact) mass is 730 g/mol. The number of rotatable bonds is 4. The zero-order valence-corrected chi connectivity index (χ0v) is 31.4. The van der Waals surface area contributed by atoms with Crippen molar-refractivity contribution in [3.63, 3.8) is 0 Å². The first-order valence-electron chi connectivity index (χ1n) is 19.5. The molecule has 0 N–H and O–H groups in total. The first-order chi connectivity index (χ1) is 28.0. The lowest BCUT2D eigenvalue weighted by molar-refractivity contribution is 0.659. The molecule has 0 amide bonds. The second kappa shape index (κ2) is 11.8. The second-order valence-corrected chi connectivity index (χ2v) is 15.5. The molecule has 1 aliphatic carbocycles. The molecular weight excluding hydrogens is 697 g/mol. The number of fused-ring (bicyclic) bond motifs is 13. The topological polar surface area (TPSA) is 56.7 Å². The number of nitrogens with zero attached hydrogens (tertiary/aromatic N) is 4. The van der Waals surface area contributed by atoms with E-state index in [2.05, 4.69) is 164 Å². The van der Waals surface area contributed by atoms with Crippen molar-refractivity contribution >= 4 is 54.5 Å². The Balaban J connectivity index is 1.09. The van der Waals surface area contributed by atoms with Crippen LogP contribution in [0.25, 0.3) is 105 Å². The minimum atomic E-state index is -0.323. The highest BCUT2D eigenvalue weighted by molar-refractivity contribution is 6.24. The SMILES string of the molecule is CC1(C)c2cccc(-c3nc(-c4ccccc4)nc(-c4ccc(-n5c6ccccc6c6ccccc65)cc4)n3)c2-c2c1c1c3ccccc3oc1c1ccccc21. The third-order valence-corrected chi connectivity index (χ3v) is 12.0. The smallest absolute Gasteiger partial charge is 0.164 e.